The second-order valence-corrected chi connectivity index (χ2v) is 9.09. The molecule has 0 radical (unpaired) electrons. The Morgan fingerprint density at radius 3 is 2.74 bits per heavy atom. The summed E-state index contributed by atoms with van der Waals surface area (Å²) in [4.78, 5) is 28.3. The van der Waals surface area contributed by atoms with Crippen LogP contribution < -0.4 is 10.1 Å². The van der Waals surface area contributed by atoms with Gasteiger partial charge in [0.25, 0.3) is 5.69 Å². The standard InChI is InChI=1S/C25H22ClN5O4/c1-14-9-17(26)5-6-22(14)35-20-11-18(10-19(12-20)31(33)34)28-23(32)13-30-25-24(15(2)29-30)21(7-8-27-25)16-3-4-16/h5-12,16H,3-4,13H2,1-2H3,(H,28,32). The number of nitro groups is 1. The number of carbonyl (C=O) groups excluding carboxylic acids is 1. The maximum Gasteiger partial charge on any atom is 0.275 e. The van der Waals surface area contributed by atoms with Gasteiger partial charge in [0.1, 0.15) is 18.0 Å². The van der Waals surface area contributed by atoms with Gasteiger partial charge in [-0.2, -0.15) is 5.10 Å². The van der Waals surface area contributed by atoms with Gasteiger partial charge in [0.2, 0.25) is 5.91 Å². The van der Waals surface area contributed by atoms with Gasteiger partial charge < -0.3 is 10.1 Å². The monoisotopic (exact) mass is 491 g/mol. The van der Waals surface area contributed by atoms with Gasteiger partial charge in [-0.1, -0.05) is 11.6 Å². The normalized spacial score (nSPS) is 13.1. The largest absolute Gasteiger partial charge is 0.457 e. The lowest BCUT2D eigenvalue weighted by Crippen LogP contribution is -2.20. The molecule has 5 rings (SSSR count). The van der Waals surface area contributed by atoms with Crippen molar-refractivity contribution in [2.75, 3.05) is 5.32 Å². The fraction of sp³-hybridized carbons (Fsp3) is 0.240. The van der Waals surface area contributed by atoms with Gasteiger partial charge in [0, 0.05) is 28.7 Å². The first-order valence-electron chi connectivity index (χ1n) is 11.1. The van der Waals surface area contributed by atoms with Crippen LogP contribution in [0.3, 0.4) is 0 Å². The van der Waals surface area contributed by atoms with Gasteiger partial charge >= 0.3 is 0 Å². The van der Waals surface area contributed by atoms with Crippen LogP contribution in [0.25, 0.3) is 11.0 Å². The summed E-state index contributed by atoms with van der Waals surface area (Å²) in [5.74, 6) is 0.861. The Labute approximate surface area is 205 Å². The Kier molecular flexibility index (Phi) is 5.86. The fourth-order valence-electron chi connectivity index (χ4n) is 4.17. The summed E-state index contributed by atoms with van der Waals surface area (Å²) in [7, 11) is 0. The predicted molar refractivity (Wildman–Crippen MR) is 132 cm³/mol. The number of aromatic nitrogens is 3. The Bertz CT molecular complexity index is 1480. The summed E-state index contributed by atoms with van der Waals surface area (Å²) in [5.41, 5.74) is 3.51. The van der Waals surface area contributed by atoms with E-state index in [1.807, 2.05) is 19.9 Å². The van der Waals surface area contributed by atoms with Gasteiger partial charge in [-0.3, -0.25) is 14.9 Å². The van der Waals surface area contributed by atoms with Crippen LogP contribution in [0.4, 0.5) is 11.4 Å². The Balaban J connectivity index is 1.39. The molecule has 1 aliphatic rings. The van der Waals surface area contributed by atoms with E-state index in [9.17, 15) is 14.9 Å². The van der Waals surface area contributed by atoms with Gasteiger partial charge in [0.05, 0.1) is 22.4 Å². The van der Waals surface area contributed by atoms with Crippen LogP contribution >= 0.6 is 11.6 Å². The Hall–Kier alpha value is -3.98. The van der Waals surface area contributed by atoms with Crippen LogP contribution in [0.2, 0.25) is 5.02 Å². The molecular formula is C25H22ClN5O4. The number of aryl methyl sites for hydroxylation is 2. The van der Waals surface area contributed by atoms with Crippen LogP contribution in [0.1, 0.15) is 35.6 Å². The topological polar surface area (TPSA) is 112 Å². The number of nitrogens with zero attached hydrogens (tertiary/aromatic N) is 4. The molecule has 1 fully saturated rings. The van der Waals surface area contributed by atoms with Crippen LogP contribution in [0.5, 0.6) is 11.5 Å². The van der Waals surface area contributed by atoms with Crippen LogP contribution in [0.15, 0.2) is 48.7 Å². The number of carbonyl (C=O) groups is 1. The van der Waals surface area contributed by atoms with Gasteiger partial charge in [-0.25, -0.2) is 9.67 Å². The first kappa shape index (κ1) is 22.8. The van der Waals surface area contributed by atoms with Crippen molar-refractivity contribution < 1.29 is 14.5 Å². The van der Waals surface area contributed by atoms with Gasteiger partial charge in [0.15, 0.2) is 5.65 Å². The molecule has 1 N–H and O–H groups in total. The molecule has 35 heavy (non-hydrogen) atoms. The molecule has 1 aliphatic carbocycles. The first-order chi connectivity index (χ1) is 16.8. The molecule has 9 nitrogen and oxygen atoms in total. The van der Waals surface area contributed by atoms with Gasteiger partial charge in [-0.05, 0) is 68.0 Å². The lowest BCUT2D eigenvalue weighted by Gasteiger charge is -2.11. The van der Waals surface area contributed by atoms with Crippen molar-refractivity contribution in [1.29, 1.82) is 0 Å². The quantitative estimate of drug-likeness (QED) is 0.254. The fourth-order valence-corrected chi connectivity index (χ4v) is 4.39. The summed E-state index contributed by atoms with van der Waals surface area (Å²) in [6.45, 7) is 3.65. The SMILES string of the molecule is Cc1cc(Cl)ccc1Oc1cc(NC(=O)Cn2nc(C)c3c(C4CC4)ccnc32)cc([N+](=O)[O-])c1. The Morgan fingerprint density at radius 1 is 1.23 bits per heavy atom. The highest BCUT2D eigenvalue weighted by Gasteiger charge is 2.28. The zero-order chi connectivity index (χ0) is 24.7. The number of nitrogens with one attached hydrogen (secondary N) is 1. The number of pyridine rings is 1. The molecule has 178 valence electrons. The van der Waals surface area contributed by atoms with E-state index >= 15 is 0 Å². The van der Waals surface area contributed by atoms with Crippen molar-refractivity contribution in [3.05, 3.63) is 80.6 Å². The summed E-state index contributed by atoms with van der Waals surface area (Å²) in [6, 6.07) is 11.2. The average molecular weight is 492 g/mol. The summed E-state index contributed by atoms with van der Waals surface area (Å²) in [5, 5.41) is 20.3. The molecule has 0 unspecified atom stereocenters. The van der Waals surface area contributed by atoms with Gasteiger partial charge in [-0.15, -0.1) is 0 Å². The molecule has 0 bridgehead atoms. The van der Waals surface area contributed by atoms with Crippen molar-refractivity contribution in [1.82, 2.24) is 14.8 Å². The zero-order valence-corrected chi connectivity index (χ0v) is 19.9. The minimum Gasteiger partial charge on any atom is -0.457 e. The number of halogens is 1. The van der Waals surface area contributed by atoms with E-state index in [-0.39, 0.29) is 29.6 Å². The zero-order valence-electron chi connectivity index (χ0n) is 19.1. The first-order valence-corrected chi connectivity index (χ1v) is 11.5. The highest BCUT2D eigenvalue weighted by Crippen LogP contribution is 2.43. The molecule has 0 atom stereocenters. The number of amides is 1. The van der Waals surface area contributed by atoms with Crippen LogP contribution in [-0.4, -0.2) is 25.6 Å². The number of non-ortho nitro benzene ring substituents is 1. The van der Waals surface area contributed by atoms with E-state index in [1.54, 1.807) is 29.1 Å². The highest BCUT2D eigenvalue weighted by atomic mass is 35.5. The number of hydrogen-bond donors (Lipinski definition) is 1. The Morgan fingerprint density at radius 2 is 2.03 bits per heavy atom. The summed E-state index contributed by atoms with van der Waals surface area (Å²) < 4.78 is 7.42. The third kappa shape index (κ3) is 4.81. The number of fused-ring (bicyclic) bond motifs is 1. The van der Waals surface area contributed by atoms with E-state index in [1.165, 1.54) is 23.8 Å². The van der Waals surface area contributed by atoms with Crippen LogP contribution in [-0.2, 0) is 11.3 Å². The third-order valence-electron chi connectivity index (χ3n) is 5.90. The molecule has 2 heterocycles. The van der Waals surface area contributed by atoms with Crippen molar-refractivity contribution >= 4 is 39.9 Å². The molecule has 1 amide bonds. The molecule has 0 aliphatic heterocycles. The van der Waals surface area contributed by atoms with Crippen molar-refractivity contribution in [3.8, 4) is 11.5 Å². The molecule has 2 aromatic carbocycles. The van der Waals surface area contributed by atoms with E-state index in [0.717, 1.165) is 29.5 Å². The second kappa shape index (κ2) is 8.99. The molecule has 1 saturated carbocycles. The number of anilines is 1. The number of hydrogen-bond acceptors (Lipinski definition) is 6. The third-order valence-corrected chi connectivity index (χ3v) is 6.14. The molecule has 4 aromatic rings. The van der Waals surface area contributed by atoms with Crippen molar-refractivity contribution in [2.45, 2.75) is 39.2 Å². The predicted octanol–water partition coefficient (Wildman–Crippen LogP) is 5.92. The van der Waals surface area contributed by atoms with Crippen LogP contribution in [0, 0.1) is 24.0 Å². The minimum atomic E-state index is -0.537. The molecule has 0 spiro atoms. The van der Waals surface area contributed by atoms with Crippen molar-refractivity contribution in [2.24, 2.45) is 0 Å². The summed E-state index contributed by atoms with van der Waals surface area (Å²) >= 11 is 6.00. The minimum absolute atomic E-state index is 0.0827. The molecule has 10 heteroatoms. The number of benzene rings is 2. The van der Waals surface area contributed by atoms with E-state index in [4.69, 9.17) is 16.3 Å². The van der Waals surface area contributed by atoms with E-state index < -0.39 is 4.92 Å². The number of rotatable bonds is 7. The molecule has 0 saturated heterocycles. The summed E-state index contributed by atoms with van der Waals surface area (Å²) in [6.07, 6.45) is 4.04. The average Bonchev–Trinajstić information content (AvgIpc) is 3.60. The smallest absolute Gasteiger partial charge is 0.275 e. The number of ether oxygens (including phenoxy) is 1. The second-order valence-electron chi connectivity index (χ2n) is 8.65. The molecular weight excluding hydrogens is 470 g/mol. The number of nitro benzene ring substituents is 1. The molecule has 2 aromatic heterocycles. The lowest BCUT2D eigenvalue weighted by atomic mass is 10.1. The van der Waals surface area contributed by atoms with E-state index in [2.05, 4.69) is 15.4 Å². The maximum absolute atomic E-state index is 12.9. The highest BCUT2D eigenvalue weighted by molar-refractivity contribution is 6.30. The van der Waals surface area contributed by atoms with E-state index in [0.29, 0.717) is 22.3 Å². The lowest BCUT2D eigenvalue weighted by molar-refractivity contribution is -0.384. The van der Waals surface area contributed by atoms with Crippen molar-refractivity contribution in [3.63, 3.8) is 0 Å². The maximum atomic E-state index is 12.9.